The Hall–Kier alpha value is 2.17. The monoisotopic (exact) mass is 2350 g/mol. The summed E-state index contributed by atoms with van der Waals surface area (Å²) in [4.78, 5) is 10.2. The van der Waals surface area contributed by atoms with Gasteiger partial charge in [0.05, 0.1) is 11.4 Å². The molecule has 2 saturated heterocycles. The zero-order chi connectivity index (χ0) is 63.3. The molecule has 0 aromatic heterocycles. The number of hydrogen-bond donors (Lipinski definition) is 0. The minimum Gasteiger partial charge on any atom is -1.00 e. The predicted octanol–water partition coefficient (Wildman–Crippen LogP) is 10.5. The SMILES string of the molecule is C1CCOC1.C1CCOC1.CC(/C=C(/C)[N-]c1c(C(C)C)cccc1C(C)C)=Nc1c(C(C)C)cccc1C(C)C.CC(/C=C(/C)[N-]c1c(C(C)C)cccc1C(C)C)=Nc1c(C(C)C)cccc1C(C)C.[I-].[I-].[I-].[I-].[O-]CCCCI.[O-]CCCCI.[Th+4].[Th+4]. The molecule has 4 aromatic carbocycles. The Bertz CT molecular complexity index is 2280. The molecule has 6 rings (SSSR count). The van der Waals surface area contributed by atoms with Gasteiger partial charge >= 0.3 is 79.9 Å². The van der Waals surface area contributed by atoms with E-state index in [1.165, 1.54) is 70.2 Å². The fourth-order valence-electron chi connectivity index (χ4n) is 9.42. The average molecular weight is 2350 g/mol. The number of para-hydroxylation sites is 4. The van der Waals surface area contributed by atoms with E-state index in [2.05, 4.69) is 269 Å². The van der Waals surface area contributed by atoms with Crippen molar-refractivity contribution in [3.05, 3.63) is 151 Å². The number of aliphatic imine (C=N–C) groups is 2. The van der Waals surface area contributed by atoms with Crippen molar-refractivity contribution in [2.45, 2.75) is 237 Å². The summed E-state index contributed by atoms with van der Waals surface area (Å²) >= 11 is 4.54. The van der Waals surface area contributed by atoms with Gasteiger partial charge in [-0.2, -0.15) is 11.4 Å². The van der Waals surface area contributed by atoms with Gasteiger partial charge in [0, 0.05) is 37.9 Å². The van der Waals surface area contributed by atoms with Crippen LogP contribution in [0.25, 0.3) is 10.6 Å². The molecular weight excluding hydrogens is 2230 g/mol. The van der Waals surface area contributed by atoms with Crippen LogP contribution in [0.3, 0.4) is 0 Å². The molecule has 90 heavy (non-hydrogen) atoms. The number of benzene rings is 4. The van der Waals surface area contributed by atoms with Crippen LogP contribution in [0, 0.1) is 79.9 Å². The Balaban J connectivity index is -0.000000278. The van der Waals surface area contributed by atoms with Gasteiger partial charge in [0.15, 0.2) is 0 Å². The maximum atomic E-state index is 9.69. The van der Waals surface area contributed by atoms with Gasteiger partial charge < -0.3 is 126 Å². The molecular formula is C74H114I6N4O4Th2. The van der Waals surface area contributed by atoms with Crippen molar-refractivity contribution >= 4 is 79.4 Å². The van der Waals surface area contributed by atoms with Crippen LogP contribution in [0.5, 0.6) is 0 Å². The van der Waals surface area contributed by atoms with Crippen molar-refractivity contribution in [3.8, 4) is 0 Å². The van der Waals surface area contributed by atoms with Crippen LogP contribution in [0.2, 0.25) is 0 Å². The van der Waals surface area contributed by atoms with Crippen LogP contribution in [0.4, 0.5) is 22.7 Å². The van der Waals surface area contributed by atoms with E-state index in [-0.39, 0.29) is 189 Å². The number of nitrogens with zero attached hydrogens (tertiary/aromatic N) is 4. The molecule has 0 unspecified atom stereocenters. The third-order valence-corrected chi connectivity index (χ3v) is 15.6. The summed E-state index contributed by atoms with van der Waals surface area (Å²) in [6, 6.07) is 26.3. The Labute approximate surface area is 711 Å². The van der Waals surface area contributed by atoms with Gasteiger partial charge in [-0.15, -0.1) is 24.6 Å². The summed E-state index contributed by atoms with van der Waals surface area (Å²) in [5.74, 6) is 3.49. The maximum Gasteiger partial charge on any atom is 4.00 e. The van der Waals surface area contributed by atoms with Crippen molar-refractivity contribution in [3.63, 3.8) is 0 Å². The number of ether oxygens (including phenoxy) is 2. The first-order chi connectivity index (χ1) is 39.9. The zero-order valence-corrected chi connectivity index (χ0v) is 79.9. The molecule has 2 aliphatic rings. The van der Waals surface area contributed by atoms with E-state index in [0.717, 1.165) is 107 Å². The Morgan fingerprint density at radius 2 is 0.611 bits per heavy atom. The topological polar surface area (TPSA) is 118 Å². The van der Waals surface area contributed by atoms with Gasteiger partial charge in [-0.05, 0) is 131 Å². The average Bonchev–Trinajstić information content (AvgIpc) is 1.24. The predicted molar refractivity (Wildman–Crippen MR) is 384 cm³/mol. The zero-order valence-electron chi connectivity index (χ0n) is 58.7. The molecule has 0 aliphatic carbocycles. The van der Waals surface area contributed by atoms with E-state index in [1.54, 1.807) is 0 Å². The molecule has 504 valence electrons. The number of rotatable bonds is 22. The molecule has 0 saturated carbocycles. The minimum atomic E-state index is 0. The second kappa shape index (κ2) is 61.1. The van der Waals surface area contributed by atoms with Crippen LogP contribution in [0.15, 0.2) is 106 Å². The quantitative estimate of drug-likeness (QED) is 0.0337. The Morgan fingerprint density at radius 3 is 0.767 bits per heavy atom. The summed E-state index contributed by atoms with van der Waals surface area (Å²) in [6.45, 7) is 48.3. The molecule has 4 aromatic rings. The molecule has 16 heteroatoms. The number of halogens is 6. The molecule has 2 aliphatic heterocycles. The smallest absolute Gasteiger partial charge is 1.00 e. The standard InChI is InChI=1S/2C29H41N2.2C4H8IO.2C4H8O.4HI.2Th/c2*1-18(2)24-13-11-14-25(19(3)4)28(24)30-22(9)17-23(10)31-29-26(20(5)6)15-12-16-27(29)21(7)8;2*5-3-1-2-4-6;2*1-2-4-5-3-1;;;;;;/h2*11-21H,1-10H3;2*1-4H2;2*1-4H2;4*1H;;/q4*-1;;;;;;;2*+4/p-4/b2*22-17-,31-23?;;;;;;;;;;. The molecule has 2 fully saturated rings. The second-order valence-electron chi connectivity index (χ2n) is 24.5. The summed E-state index contributed by atoms with van der Waals surface area (Å²) in [7, 11) is 0. The van der Waals surface area contributed by atoms with Crippen LogP contribution in [-0.4, -0.2) is 59.9 Å². The maximum absolute atomic E-state index is 9.69. The van der Waals surface area contributed by atoms with Crippen molar-refractivity contribution in [1.29, 1.82) is 0 Å². The molecule has 0 spiro atoms. The Morgan fingerprint density at radius 1 is 0.400 bits per heavy atom. The second-order valence-corrected chi connectivity index (χ2v) is 26.7. The van der Waals surface area contributed by atoms with E-state index in [9.17, 15) is 10.2 Å². The summed E-state index contributed by atoms with van der Waals surface area (Å²) in [5, 5.41) is 29.5. The van der Waals surface area contributed by atoms with Crippen molar-refractivity contribution in [1.82, 2.24) is 0 Å². The molecule has 0 amide bonds. The molecule has 0 bridgehead atoms. The molecule has 8 nitrogen and oxygen atoms in total. The summed E-state index contributed by atoms with van der Waals surface area (Å²) < 4.78 is 12.1. The van der Waals surface area contributed by atoms with E-state index in [0.29, 0.717) is 47.3 Å². The van der Waals surface area contributed by atoms with E-state index < -0.39 is 0 Å². The van der Waals surface area contributed by atoms with E-state index >= 15 is 0 Å². The number of allylic oxidation sites excluding steroid dienone is 4. The largest absolute Gasteiger partial charge is 4.00 e. The first kappa shape index (κ1) is 103. The van der Waals surface area contributed by atoms with Gasteiger partial charge in [-0.1, -0.05) is 290 Å². The normalized spacial score (nSPS) is 12.9. The summed E-state index contributed by atoms with van der Waals surface area (Å²) in [6.07, 6.45) is 13.2. The third kappa shape index (κ3) is 42.3. The van der Waals surface area contributed by atoms with Gasteiger partial charge in [-0.3, -0.25) is 9.98 Å². The van der Waals surface area contributed by atoms with Crippen LogP contribution >= 0.6 is 45.2 Å². The molecule has 2 heterocycles. The van der Waals surface area contributed by atoms with Crippen molar-refractivity contribution in [2.24, 2.45) is 9.98 Å². The van der Waals surface area contributed by atoms with Gasteiger partial charge in [0.2, 0.25) is 0 Å². The van der Waals surface area contributed by atoms with Crippen LogP contribution in [0.1, 0.15) is 282 Å². The first-order valence-electron chi connectivity index (χ1n) is 31.7. The van der Waals surface area contributed by atoms with E-state index in [1.807, 2.05) is 0 Å². The molecule has 0 N–H and O–H groups in total. The fraction of sp³-hybridized carbons (Fsp3) is 0.595. The van der Waals surface area contributed by atoms with Crippen LogP contribution in [-0.2, 0) is 9.47 Å². The molecule has 0 radical (unpaired) electrons. The fourth-order valence-corrected chi connectivity index (χ4v) is 10.5. The molecule has 0 atom stereocenters. The number of alkyl halides is 2. The van der Waals surface area contributed by atoms with E-state index in [4.69, 9.17) is 30.1 Å². The summed E-state index contributed by atoms with van der Waals surface area (Å²) in [5.41, 5.74) is 18.9. The van der Waals surface area contributed by atoms with Gasteiger partial charge in [-0.25, -0.2) is 0 Å². The van der Waals surface area contributed by atoms with Crippen LogP contribution < -0.4 is 106 Å². The first-order valence-corrected chi connectivity index (χ1v) is 34.8. The number of hydrogen-bond acceptors (Lipinski definition) is 6. The van der Waals surface area contributed by atoms with Gasteiger partial charge in [0.1, 0.15) is 0 Å². The van der Waals surface area contributed by atoms with Crippen molar-refractivity contribution < 1.29 is 195 Å². The number of unbranched alkanes of at least 4 members (excludes halogenated alkanes) is 2. The third-order valence-electron chi connectivity index (χ3n) is 14.1. The Kier molecular flexibility index (Phi) is 70.0. The van der Waals surface area contributed by atoms with Crippen molar-refractivity contribution in [2.75, 3.05) is 48.5 Å². The van der Waals surface area contributed by atoms with Gasteiger partial charge in [0.25, 0.3) is 0 Å². The minimum absolute atomic E-state index is 0.